The van der Waals surface area contributed by atoms with Crippen molar-refractivity contribution in [3.63, 3.8) is 0 Å². The lowest BCUT2D eigenvalue weighted by Crippen LogP contribution is -2.40. The SMILES string of the molecule is NC1=c2cc3ccccc3cc2=CC(=O)C1=O. The van der Waals surface area contributed by atoms with Crippen LogP contribution >= 0.6 is 0 Å². The molecular weight excluding hydrogens is 214 g/mol. The van der Waals surface area contributed by atoms with Gasteiger partial charge in [-0.15, -0.1) is 0 Å². The van der Waals surface area contributed by atoms with E-state index in [4.69, 9.17) is 5.73 Å². The van der Waals surface area contributed by atoms with E-state index in [1.54, 1.807) is 0 Å². The molecule has 3 nitrogen and oxygen atoms in total. The molecule has 0 aromatic heterocycles. The van der Waals surface area contributed by atoms with Crippen molar-refractivity contribution in [1.29, 1.82) is 0 Å². The lowest BCUT2D eigenvalue weighted by molar-refractivity contribution is -0.129. The van der Waals surface area contributed by atoms with Gasteiger partial charge in [0.15, 0.2) is 0 Å². The van der Waals surface area contributed by atoms with Crippen molar-refractivity contribution in [1.82, 2.24) is 0 Å². The Morgan fingerprint density at radius 1 is 0.941 bits per heavy atom. The number of nitrogens with two attached hydrogens (primary N) is 1. The van der Waals surface area contributed by atoms with E-state index >= 15 is 0 Å². The summed E-state index contributed by atoms with van der Waals surface area (Å²) in [6.07, 6.45) is 1.35. The van der Waals surface area contributed by atoms with Crippen molar-refractivity contribution < 1.29 is 9.59 Å². The molecule has 0 saturated heterocycles. The van der Waals surface area contributed by atoms with Crippen molar-refractivity contribution >= 4 is 34.1 Å². The molecule has 0 saturated carbocycles. The molecule has 0 atom stereocenters. The molecule has 17 heavy (non-hydrogen) atoms. The summed E-state index contributed by atoms with van der Waals surface area (Å²) in [6, 6.07) is 11.5. The molecule has 1 aliphatic carbocycles. The number of carbonyl (C=O) groups excluding carboxylic acids is 2. The molecule has 82 valence electrons. The van der Waals surface area contributed by atoms with E-state index < -0.39 is 11.6 Å². The Balaban J connectivity index is 2.56. The fourth-order valence-corrected chi connectivity index (χ4v) is 2.07. The van der Waals surface area contributed by atoms with Gasteiger partial charge in [-0.1, -0.05) is 24.3 Å². The Hall–Kier alpha value is -2.42. The summed E-state index contributed by atoms with van der Waals surface area (Å²) < 4.78 is 0. The van der Waals surface area contributed by atoms with Crippen LogP contribution in [0.5, 0.6) is 0 Å². The molecule has 0 aliphatic heterocycles. The van der Waals surface area contributed by atoms with E-state index in [-0.39, 0.29) is 5.70 Å². The average molecular weight is 223 g/mol. The van der Waals surface area contributed by atoms with Crippen LogP contribution in [-0.4, -0.2) is 11.6 Å². The second-order valence-electron chi connectivity index (χ2n) is 4.04. The minimum atomic E-state index is -0.618. The number of carbonyl (C=O) groups is 2. The molecule has 0 unspecified atom stereocenters. The predicted octanol–water partition coefficient (Wildman–Crippen LogP) is -0.161. The minimum absolute atomic E-state index is 0.0400. The third-order valence-electron chi connectivity index (χ3n) is 2.96. The Morgan fingerprint density at radius 2 is 1.59 bits per heavy atom. The topological polar surface area (TPSA) is 60.2 Å². The van der Waals surface area contributed by atoms with Gasteiger partial charge in [0.05, 0.1) is 5.70 Å². The van der Waals surface area contributed by atoms with Crippen LogP contribution in [0.4, 0.5) is 0 Å². The monoisotopic (exact) mass is 223 g/mol. The number of rotatable bonds is 0. The number of fused-ring (bicyclic) bond motifs is 2. The van der Waals surface area contributed by atoms with E-state index in [1.165, 1.54) is 6.08 Å². The van der Waals surface area contributed by atoms with Crippen LogP contribution in [0.3, 0.4) is 0 Å². The average Bonchev–Trinajstić information content (AvgIpc) is 2.34. The Morgan fingerprint density at radius 3 is 2.29 bits per heavy atom. The van der Waals surface area contributed by atoms with Gasteiger partial charge in [-0.2, -0.15) is 0 Å². The summed E-state index contributed by atoms with van der Waals surface area (Å²) in [5.41, 5.74) is 5.74. The summed E-state index contributed by atoms with van der Waals surface area (Å²) in [4.78, 5) is 22.9. The first kappa shape index (κ1) is 9.78. The lowest BCUT2D eigenvalue weighted by atomic mass is 9.99. The lowest BCUT2D eigenvalue weighted by Gasteiger charge is -2.06. The molecule has 2 aromatic rings. The van der Waals surface area contributed by atoms with Crippen LogP contribution in [0.2, 0.25) is 0 Å². The highest BCUT2D eigenvalue weighted by Gasteiger charge is 2.19. The Labute approximate surface area is 96.9 Å². The van der Waals surface area contributed by atoms with Gasteiger partial charge in [0.1, 0.15) is 0 Å². The van der Waals surface area contributed by atoms with Gasteiger partial charge in [-0.25, -0.2) is 0 Å². The van der Waals surface area contributed by atoms with Crippen LogP contribution in [0.1, 0.15) is 0 Å². The summed E-state index contributed by atoms with van der Waals surface area (Å²) >= 11 is 0. The van der Waals surface area contributed by atoms with E-state index in [1.807, 2.05) is 36.4 Å². The normalized spacial score (nSPS) is 14.7. The Bertz CT molecular complexity index is 787. The summed E-state index contributed by atoms with van der Waals surface area (Å²) in [6.45, 7) is 0. The maximum atomic E-state index is 11.5. The molecule has 0 spiro atoms. The van der Waals surface area contributed by atoms with Crippen molar-refractivity contribution in [3.05, 3.63) is 46.8 Å². The third kappa shape index (κ3) is 1.36. The molecule has 3 heteroatoms. The molecule has 0 fully saturated rings. The molecule has 0 radical (unpaired) electrons. The summed E-state index contributed by atoms with van der Waals surface area (Å²) in [5.74, 6) is -1.17. The van der Waals surface area contributed by atoms with Crippen molar-refractivity contribution in [3.8, 4) is 0 Å². The van der Waals surface area contributed by atoms with Crippen molar-refractivity contribution in [2.24, 2.45) is 5.73 Å². The van der Waals surface area contributed by atoms with Gasteiger partial charge >= 0.3 is 0 Å². The molecule has 0 amide bonds. The number of hydrogen-bond acceptors (Lipinski definition) is 3. The second-order valence-corrected chi connectivity index (χ2v) is 4.04. The fraction of sp³-hybridized carbons (Fsp3) is 0. The van der Waals surface area contributed by atoms with Gasteiger partial charge < -0.3 is 5.73 Å². The smallest absolute Gasteiger partial charge is 0.249 e. The van der Waals surface area contributed by atoms with Gasteiger partial charge in [0.25, 0.3) is 0 Å². The largest absolute Gasteiger partial charge is 0.395 e. The predicted molar refractivity (Wildman–Crippen MR) is 65.3 cm³/mol. The highest BCUT2D eigenvalue weighted by Crippen LogP contribution is 2.09. The third-order valence-corrected chi connectivity index (χ3v) is 2.96. The Kier molecular flexibility index (Phi) is 1.89. The van der Waals surface area contributed by atoms with E-state index in [0.29, 0.717) is 10.4 Å². The van der Waals surface area contributed by atoms with Crippen LogP contribution in [-0.2, 0) is 9.59 Å². The van der Waals surface area contributed by atoms with Crippen LogP contribution in [0.25, 0.3) is 22.5 Å². The molecular formula is C14H9NO2. The molecule has 1 aliphatic rings. The molecule has 2 aromatic carbocycles. The van der Waals surface area contributed by atoms with Crippen LogP contribution in [0.15, 0.2) is 36.4 Å². The number of Topliss-reactive ketones (excluding diaryl/α,β-unsaturated/α-hetero) is 2. The molecule has 0 heterocycles. The second kappa shape index (κ2) is 3.28. The zero-order valence-electron chi connectivity index (χ0n) is 8.94. The molecule has 3 rings (SSSR count). The minimum Gasteiger partial charge on any atom is -0.395 e. The first-order chi connectivity index (χ1) is 8.16. The van der Waals surface area contributed by atoms with Crippen molar-refractivity contribution in [2.75, 3.05) is 0 Å². The maximum absolute atomic E-state index is 11.5. The van der Waals surface area contributed by atoms with Gasteiger partial charge in [-0.05, 0) is 34.2 Å². The van der Waals surface area contributed by atoms with Gasteiger partial charge in [0.2, 0.25) is 11.6 Å². The van der Waals surface area contributed by atoms with E-state index in [9.17, 15) is 9.59 Å². The first-order valence-corrected chi connectivity index (χ1v) is 5.26. The molecule has 2 N–H and O–H groups in total. The first-order valence-electron chi connectivity index (χ1n) is 5.26. The standard InChI is InChI=1S/C14H9NO2/c15-13-11-6-9-4-2-1-3-8(9)5-10(11)7-12(16)14(13)17/h1-7H,15H2. The van der Waals surface area contributed by atoms with E-state index in [0.717, 1.165) is 10.8 Å². The number of benzene rings is 2. The van der Waals surface area contributed by atoms with E-state index in [2.05, 4.69) is 0 Å². The highest BCUT2D eigenvalue weighted by atomic mass is 16.2. The molecule has 0 bridgehead atoms. The van der Waals surface area contributed by atoms with Gasteiger partial charge in [-0.3, -0.25) is 9.59 Å². The zero-order valence-corrected chi connectivity index (χ0v) is 8.94. The highest BCUT2D eigenvalue weighted by molar-refractivity contribution is 6.60. The summed E-state index contributed by atoms with van der Waals surface area (Å²) in [5, 5.41) is 3.39. The number of ketones is 2. The zero-order chi connectivity index (χ0) is 12.0. The quantitative estimate of drug-likeness (QED) is 0.631. The summed E-state index contributed by atoms with van der Waals surface area (Å²) in [7, 11) is 0. The van der Waals surface area contributed by atoms with Gasteiger partial charge in [0, 0.05) is 5.22 Å². The number of hydrogen-bond donors (Lipinski definition) is 1. The van der Waals surface area contributed by atoms with Crippen molar-refractivity contribution in [2.45, 2.75) is 0 Å². The van der Waals surface area contributed by atoms with Crippen LogP contribution < -0.4 is 16.2 Å². The fourth-order valence-electron chi connectivity index (χ4n) is 2.07. The van der Waals surface area contributed by atoms with Crippen LogP contribution in [0, 0.1) is 0 Å². The maximum Gasteiger partial charge on any atom is 0.249 e.